The fourth-order valence-electron chi connectivity index (χ4n) is 1.47. The van der Waals surface area contributed by atoms with E-state index in [0.717, 1.165) is 17.0 Å². The Labute approximate surface area is 111 Å². The van der Waals surface area contributed by atoms with Crippen molar-refractivity contribution in [1.29, 1.82) is 0 Å². The highest BCUT2D eigenvalue weighted by Crippen LogP contribution is 2.30. The zero-order chi connectivity index (χ0) is 13.8. The average Bonchev–Trinajstić information content (AvgIpc) is 2.43. The second kappa shape index (κ2) is 5.62. The first kappa shape index (κ1) is 13.2. The minimum atomic E-state index is -0.0572. The van der Waals surface area contributed by atoms with Crippen LogP contribution in [0.3, 0.4) is 0 Å². The van der Waals surface area contributed by atoms with Crippen LogP contribution in [-0.4, -0.2) is 27.4 Å². The van der Waals surface area contributed by atoms with Gasteiger partial charge in [0, 0.05) is 0 Å². The lowest BCUT2D eigenvalue weighted by atomic mass is 10.2. The summed E-state index contributed by atoms with van der Waals surface area (Å²) in [5.74, 6) is 0.984. The third kappa shape index (κ3) is 2.97. The minimum Gasteiger partial charge on any atom is -0.493 e. The fourth-order valence-corrected chi connectivity index (χ4v) is 1.47. The first-order valence-corrected chi connectivity index (χ1v) is 5.77. The van der Waals surface area contributed by atoms with E-state index in [-0.39, 0.29) is 12.6 Å². The van der Waals surface area contributed by atoms with Gasteiger partial charge in [0.15, 0.2) is 11.5 Å². The molecule has 0 saturated heterocycles. The quantitative estimate of drug-likeness (QED) is 0.904. The Bertz CT molecular complexity index is 587. The van der Waals surface area contributed by atoms with Crippen molar-refractivity contribution in [3.05, 3.63) is 35.2 Å². The molecule has 0 radical (unpaired) electrons. The predicted molar refractivity (Wildman–Crippen MR) is 68.3 cm³/mol. The molecule has 100 valence electrons. The number of aromatic nitrogens is 3. The van der Waals surface area contributed by atoms with Crippen molar-refractivity contribution >= 4 is 0 Å². The van der Waals surface area contributed by atoms with Crippen molar-refractivity contribution in [2.45, 2.75) is 20.5 Å². The second-order valence-electron chi connectivity index (χ2n) is 4.01. The van der Waals surface area contributed by atoms with E-state index in [1.54, 1.807) is 18.2 Å². The fraction of sp³-hybridized carbons (Fsp3) is 0.308. The molecule has 2 rings (SSSR count). The number of aryl methyl sites for hydroxylation is 2. The third-order valence-corrected chi connectivity index (χ3v) is 2.68. The Morgan fingerprint density at radius 2 is 1.89 bits per heavy atom. The Hall–Kier alpha value is -2.21. The van der Waals surface area contributed by atoms with Gasteiger partial charge in [-0.2, -0.15) is 4.98 Å². The molecule has 0 aliphatic carbocycles. The summed E-state index contributed by atoms with van der Waals surface area (Å²) in [7, 11) is 1.53. The number of hydrogen-bond donors (Lipinski definition) is 1. The third-order valence-electron chi connectivity index (χ3n) is 2.68. The normalized spacial score (nSPS) is 10.3. The molecule has 0 bridgehead atoms. The molecular formula is C13H15N3O3. The molecule has 0 fully saturated rings. The number of rotatable bonds is 4. The Kier molecular flexibility index (Phi) is 3.91. The van der Waals surface area contributed by atoms with Crippen LogP contribution in [0.15, 0.2) is 18.2 Å². The molecule has 19 heavy (non-hydrogen) atoms. The summed E-state index contributed by atoms with van der Waals surface area (Å²) in [4.78, 5) is 4.19. The van der Waals surface area contributed by atoms with E-state index < -0.39 is 0 Å². The first-order valence-electron chi connectivity index (χ1n) is 5.77. The van der Waals surface area contributed by atoms with Gasteiger partial charge in [-0.15, -0.1) is 5.10 Å². The molecule has 1 aromatic heterocycles. The molecule has 6 nitrogen and oxygen atoms in total. The summed E-state index contributed by atoms with van der Waals surface area (Å²) in [6, 6.07) is 5.30. The van der Waals surface area contributed by atoms with Crippen molar-refractivity contribution in [2.75, 3.05) is 7.11 Å². The van der Waals surface area contributed by atoms with Crippen LogP contribution in [0.25, 0.3) is 0 Å². The first-order chi connectivity index (χ1) is 9.13. The van der Waals surface area contributed by atoms with Crippen LogP contribution >= 0.6 is 0 Å². The molecule has 0 spiro atoms. The van der Waals surface area contributed by atoms with Gasteiger partial charge in [0.2, 0.25) is 0 Å². The number of methoxy groups -OCH3 is 1. The second-order valence-corrected chi connectivity index (χ2v) is 4.01. The maximum Gasteiger partial charge on any atom is 0.341 e. The van der Waals surface area contributed by atoms with Gasteiger partial charge < -0.3 is 14.6 Å². The zero-order valence-corrected chi connectivity index (χ0v) is 11.0. The van der Waals surface area contributed by atoms with Crippen molar-refractivity contribution in [1.82, 2.24) is 15.2 Å². The smallest absolute Gasteiger partial charge is 0.341 e. The number of aliphatic hydroxyl groups excluding tert-OH is 1. The average molecular weight is 261 g/mol. The maximum atomic E-state index is 9.07. The highest BCUT2D eigenvalue weighted by Gasteiger charge is 2.09. The van der Waals surface area contributed by atoms with Crippen LogP contribution < -0.4 is 9.47 Å². The number of ether oxygens (including phenoxy) is 2. The topological polar surface area (TPSA) is 77.4 Å². The number of benzene rings is 1. The molecule has 1 heterocycles. The largest absolute Gasteiger partial charge is 0.493 e. The van der Waals surface area contributed by atoms with E-state index in [4.69, 9.17) is 14.6 Å². The highest BCUT2D eigenvalue weighted by molar-refractivity contribution is 5.43. The summed E-state index contributed by atoms with van der Waals surface area (Å²) in [6.07, 6.45) is 0. The van der Waals surface area contributed by atoms with Gasteiger partial charge in [-0.1, -0.05) is 11.2 Å². The minimum absolute atomic E-state index is 0.0572. The van der Waals surface area contributed by atoms with Crippen LogP contribution in [0, 0.1) is 13.8 Å². The van der Waals surface area contributed by atoms with Crippen molar-refractivity contribution in [3.63, 3.8) is 0 Å². The summed E-state index contributed by atoms with van der Waals surface area (Å²) >= 11 is 0. The van der Waals surface area contributed by atoms with E-state index in [9.17, 15) is 0 Å². The number of hydrogen-bond acceptors (Lipinski definition) is 6. The molecule has 2 aromatic rings. The van der Waals surface area contributed by atoms with E-state index in [1.165, 1.54) is 7.11 Å². The molecule has 0 aliphatic rings. The Morgan fingerprint density at radius 1 is 1.11 bits per heavy atom. The summed E-state index contributed by atoms with van der Waals surface area (Å²) in [5, 5.41) is 16.9. The van der Waals surface area contributed by atoms with Gasteiger partial charge in [-0.25, -0.2) is 0 Å². The molecule has 1 N–H and O–H groups in total. The standard InChI is InChI=1S/C13H15N3O3/c1-8-9(2)15-16-13(14-8)19-11-5-4-10(7-17)6-12(11)18-3/h4-6,17H,7H2,1-3H3. The number of nitrogens with zero attached hydrogens (tertiary/aromatic N) is 3. The molecule has 1 aromatic carbocycles. The molecule has 0 saturated carbocycles. The van der Waals surface area contributed by atoms with Gasteiger partial charge in [0.05, 0.1) is 25.1 Å². The molecular weight excluding hydrogens is 246 g/mol. The lowest BCUT2D eigenvalue weighted by molar-refractivity contribution is 0.280. The summed E-state index contributed by atoms with van der Waals surface area (Å²) in [5.41, 5.74) is 2.26. The maximum absolute atomic E-state index is 9.07. The van der Waals surface area contributed by atoms with Gasteiger partial charge in [-0.05, 0) is 31.5 Å². The van der Waals surface area contributed by atoms with Crippen LogP contribution in [-0.2, 0) is 6.61 Å². The SMILES string of the molecule is COc1cc(CO)ccc1Oc1nnc(C)c(C)n1. The summed E-state index contributed by atoms with van der Waals surface area (Å²) < 4.78 is 10.7. The van der Waals surface area contributed by atoms with Crippen LogP contribution in [0.2, 0.25) is 0 Å². The monoisotopic (exact) mass is 261 g/mol. The van der Waals surface area contributed by atoms with E-state index >= 15 is 0 Å². The van der Waals surface area contributed by atoms with Crippen LogP contribution in [0.4, 0.5) is 0 Å². The van der Waals surface area contributed by atoms with Gasteiger partial charge in [0.1, 0.15) is 0 Å². The van der Waals surface area contributed by atoms with Gasteiger partial charge in [-0.3, -0.25) is 0 Å². The Balaban J connectivity index is 2.29. The van der Waals surface area contributed by atoms with E-state index in [0.29, 0.717) is 11.5 Å². The lowest BCUT2D eigenvalue weighted by Crippen LogP contribution is -2.00. The van der Waals surface area contributed by atoms with Gasteiger partial charge in [0.25, 0.3) is 0 Å². The highest BCUT2D eigenvalue weighted by atomic mass is 16.5. The van der Waals surface area contributed by atoms with Crippen LogP contribution in [0.1, 0.15) is 17.0 Å². The van der Waals surface area contributed by atoms with Crippen molar-refractivity contribution < 1.29 is 14.6 Å². The van der Waals surface area contributed by atoms with Crippen molar-refractivity contribution in [2.24, 2.45) is 0 Å². The van der Waals surface area contributed by atoms with Crippen molar-refractivity contribution in [3.8, 4) is 17.5 Å². The molecule has 0 aliphatic heterocycles. The van der Waals surface area contributed by atoms with E-state index in [1.807, 2.05) is 13.8 Å². The predicted octanol–water partition coefficient (Wildman–Crippen LogP) is 1.78. The lowest BCUT2D eigenvalue weighted by Gasteiger charge is -2.10. The molecule has 0 amide bonds. The summed E-state index contributed by atoms with van der Waals surface area (Å²) in [6.45, 7) is 3.61. The van der Waals surface area contributed by atoms with E-state index in [2.05, 4.69) is 15.2 Å². The zero-order valence-electron chi connectivity index (χ0n) is 11.0. The van der Waals surface area contributed by atoms with Gasteiger partial charge >= 0.3 is 6.01 Å². The Morgan fingerprint density at radius 3 is 2.53 bits per heavy atom. The van der Waals surface area contributed by atoms with Crippen LogP contribution in [0.5, 0.6) is 17.5 Å². The number of aliphatic hydroxyl groups is 1. The molecule has 6 heteroatoms. The molecule has 0 unspecified atom stereocenters. The molecule has 0 atom stereocenters.